The van der Waals surface area contributed by atoms with Crippen LogP contribution in [0.1, 0.15) is 5.56 Å². The minimum atomic E-state index is 0.511. The Morgan fingerprint density at radius 1 is 0.960 bits per heavy atom. The molecule has 2 aromatic heterocycles. The van der Waals surface area contributed by atoms with Gasteiger partial charge in [-0.2, -0.15) is 4.98 Å². The van der Waals surface area contributed by atoms with Crippen LogP contribution in [-0.2, 0) is 0 Å². The van der Waals surface area contributed by atoms with Crippen molar-refractivity contribution in [1.82, 2.24) is 15.0 Å². The number of benzene rings is 2. The number of hydrogen-bond donors (Lipinski definition) is 2. The second-order valence-electron chi connectivity index (χ2n) is 5.47. The molecule has 0 aliphatic heterocycles. The van der Waals surface area contributed by atoms with Crippen LogP contribution in [0.25, 0.3) is 10.2 Å². The van der Waals surface area contributed by atoms with E-state index in [4.69, 9.17) is 11.6 Å². The first kappa shape index (κ1) is 15.8. The Morgan fingerprint density at radius 2 is 1.76 bits per heavy atom. The van der Waals surface area contributed by atoms with Crippen LogP contribution in [0.3, 0.4) is 0 Å². The molecule has 0 radical (unpaired) electrons. The molecule has 5 nitrogen and oxygen atoms in total. The number of halogens is 1. The number of fused-ring (bicyclic) bond motifs is 1. The first-order chi connectivity index (χ1) is 12.2. The van der Waals surface area contributed by atoms with E-state index in [0.717, 1.165) is 32.4 Å². The van der Waals surface area contributed by atoms with Crippen LogP contribution in [-0.4, -0.2) is 15.0 Å². The molecule has 124 valence electrons. The summed E-state index contributed by atoms with van der Waals surface area (Å²) < 4.78 is 1.14. The monoisotopic (exact) mass is 367 g/mol. The summed E-state index contributed by atoms with van der Waals surface area (Å²) in [7, 11) is 0. The highest BCUT2D eigenvalue weighted by Gasteiger charge is 2.08. The fraction of sp³-hybridized carbons (Fsp3) is 0.0556. The fourth-order valence-electron chi connectivity index (χ4n) is 2.32. The van der Waals surface area contributed by atoms with Gasteiger partial charge in [0.15, 0.2) is 5.13 Å². The minimum absolute atomic E-state index is 0.511. The molecule has 0 amide bonds. The zero-order chi connectivity index (χ0) is 17.2. The minimum Gasteiger partial charge on any atom is -0.324 e. The van der Waals surface area contributed by atoms with Gasteiger partial charge in [-0.1, -0.05) is 35.1 Å². The number of hydrogen-bond acceptors (Lipinski definition) is 6. The lowest BCUT2D eigenvalue weighted by molar-refractivity contribution is 1.13. The van der Waals surface area contributed by atoms with Crippen molar-refractivity contribution in [2.75, 3.05) is 10.6 Å². The molecular formula is C18H14ClN5S. The van der Waals surface area contributed by atoms with E-state index in [0.29, 0.717) is 11.0 Å². The van der Waals surface area contributed by atoms with E-state index in [1.165, 1.54) is 0 Å². The molecule has 0 unspecified atom stereocenters. The number of thiazole rings is 1. The molecular weight excluding hydrogens is 354 g/mol. The molecule has 0 fully saturated rings. The highest BCUT2D eigenvalue weighted by Crippen LogP contribution is 2.29. The van der Waals surface area contributed by atoms with Gasteiger partial charge in [-0.15, -0.1) is 0 Å². The van der Waals surface area contributed by atoms with Gasteiger partial charge in [-0.25, -0.2) is 9.97 Å². The van der Waals surface area contributed by atoms with E-state index in [9.17, 15) is 0 Å². The maximum Gasteiger partial charge on any atom is 0.229 e. The lowest BCUT2D eigenvalue weighted by atomic mass is 10.3. The number of nitrogens with zero attached hydrogens (tertiary/aromatic N) is 3. The van der Waals surface area contributed by atoms with E-state index in [1.807, 2.05) is 49.4 Å². The van der Waals surface area contributed by atoms with Gasteiger partial charge in [0, 0.05) is 22.5 Å². The quantitative estimate of drug-likeness (QED) is 0.496. The number of aromatic nitrogens is 3. The van der Waals surface area contributed by atoms with Gasteiger partial charge >= 0.3 is 0 Å². The topological polar surface area (TPSA) is 62.7 Å². The third-order valence-corrected chi connectivity index (χ3v) is 4.80. The van der Waals surface area contributed by atoms with Crippen molar-refractivity contribution in [3.63, 3.8) is 0 Å². The molecule has 2 aromatic carbocycles. The summed E-state index contributed by atoms with van der Waals surface area (Å²) in [5, 5.41) is 7.96. The molecule has 0 spiro atoms. The summed E-state index contributed by atoms with van der Waals surface area (Å²) >= 11 is 7.50. The molecule has 7 heteroatoms. The van der Waals surface area contributed by atoms with E-state index in [-0.39, 0.29) is 0 Å². The SMILES string of the molecule is Cc1cnc(Nc2ccc(Cl)cc2)nc1Nc1nc2ccccc2s1. The van der Waals surface area contributed by atoms with Crippen molar-refractivity contribution in [2.45, 2.75) is 6.92 Å². The van der Waals surface area contributed by atoms with Crippen LogP contribution in [0, 0.1) is 6.92 Å². The smallest absolute Gasteiger partial charge is 0.229 e. The summed E-state index contributed by atoms with van der Waals surface area (Å²) in [6.45, 7) is 1.96. The largest absolute Gasteiger partial charge is 0.324 e. The second kappa shape index (κ2) is 6.66. The highest BCUT2D eigenvalue weighted by molar-refractivity contribution is 7.22. The fourth-order valence-corrected chi connectivity index (χ4v) is 3.31. The number of para-hydroxylation sites is 1. The zero-order valence-corrected chi connectivity index (χ0v) is 14.9. The molecule has 0 aliphatic rings. The van der Waals surface area contributed by atoms with Gasteiger partial charge in [0.05, 0.1) is 10.2 Å². The maximum absolute atomic E-state index is 5.91. The summed E-state index contributed by atoms with van der Waals surface area (Å²) in [5.74, 6) is 1.24. The predicted octanol–water partition coefficient (Wildman–Crippen LogP) is 5.54. The van der Waals surface area contributed by atoms with Gasteiger partial charge in [-0.05, 0) is 43.3 Å². The Balaban J connectivity index is 1.59. The Kier molecular flexibility index (Phi) is 4.21. The molecule has 4 rings (SSSR count). The lowest BCUT2D eigenvalue weighted by Crippen LogP contribution is -2.02. The van der Waals surface area contributed by atoms with Crippen molar-refractivity contribution in [1.29, 1.82) is 0 Å². The molecule has 0 aliphatic carbocycles. The van der Waals surface area contributed by atoms with Gasteiger partial charge in [0.25, 0.3) is 0 Å². The van der Waals surface area contributed by atoms with E-state index < -0.39 is 0 Å². The predicted molar refractivity (Wildman–Crippen MR) is 104 cm³/mol. The number of rotatable bonds is 4. The van der Waals surface area contributed by atoms with Crippen LogP contribution >= 0.6 is 22.9 Å². The lowest BCUT2D eigenvalue weighted by Gasteiger charge is -2.09. The summed E-state index contributed by atoms with van der Waals surface area (Å²) in [6, 6.07) is 15.4. The normalized spacial score (nSPS) is 10.8. The Bertz CT molecular complexity index is 996. The summed E-state index contributed by atoms with van der Waals surface area (Å²) in [4.78, 5) is 13.5. The van der Waals surface area contributed by atoms with E-state index in [1.54, 1.807) is 17.5 Å². The van der Waals surface area contributed by atoms with Crippen molar-refractivity contribution >= 4 is 55.7 Å². The molecule has 0 bridgehead atoms. The zero-order valence-electron chi connectivity index (χ0n) is 13.3. The van der Waals surface area contributed by atoms with Crippen molar-refractivity contribution in [3.8, 4) is 0 Å². The van der Waals surface area contributed by atoms with Crippen LogP contribution in [0.2, 0.25) is 5.02 Å². The van der Waals surface area contributed by atoms with Gasteiger partial charge in [0.2, 0.25) is 5.95 Å². The average molecular weight is 368 g/mol. The molecule has 2 heterocycles. The van der Waals surface area contributed by atoms with Crippen molar-refractivity contribution in [3.05, 3.63) is 65.3 Å². The Morgan fingerprint density at radius 3 is 2.56 bits per heavy atom. The highest BCUT2D eigenvalue weighted by atomic mass is 35.5. The molecule has 2 N–H and O–H groups in total. The van der Waals surface area contributed by atoms with Gasteiger partial charge in [0.1, 0.15) is 5.82 Å². The van der Waals surface area contributed by atoms with E-state index in [2.05, 4.69) is 31.7 Å². The van der Waals surface area contributed by atoms with Crippen LogP contribution < -0.4 is 10.6 Å². The molecule has 0 atom stereocenters. The van der Waals surface area contributed by atoms with Gasteiger partial charge in [-0.3, -0.25) is 0 Å². The Labute approximate surface area is 153 Å². The van der Waals surface area contributed by atoms with Gasteiger partial charge < -0.3 is 10.6 Å². The third kappa shape index (κ3) is 3.55. The molecule has 0 saturated heterocycles. The number of nitrogens with one attached hydrogen (secondary N) is 2. The average Bonchev–Trinajstić information content (AvgIpc) is 3.02. The first-order valence-corrected chi connectivity index (χ1v) is 8.86. The third-order valence-electron chi connectivity index (χ3n) is 3.59. The standard InChI is InChI=1S/C18H14ClN5S/c1-11-10-20-17(21-13-8-6-12(19)7-9-13)23-16(11)24-18-22-14-4-2-3-5-15(14)25-18/h2-10H,1H3,(H2,20,21,22,23,24). The van der Waals surface area contributed by atoms with E-state index >= 15 is 0 Å². The summed E-state index contributed by atoms with van der Waals surface area (Å²) in [5.41, 5.74) is 2.79. The Hall–Kier alpha value is -2.70. The van der Waals surface area contributed by atoms with Crippen LogP contribution in [0.5, 0.6) is 0 Å². The molecule has 0 saturated carbocycles. The van der Waals surface area contributed by atoms with Crippen LogP contribution in [0.15, 0.2) is 54.7 Å². The molecule has 4 aromatic rings. The first-order valence-electron chi connectivity index (χ1n) is 7.66. The number of aryl methyl sites for hydroxylation is 1. The maximum atomic E-state index is 5.91. The van der Waals surface area contributed by atoms with Crippen molar-refractivity contribution in [2.24, 2.45) is 0 Å². The van der Waals surface area contributed by atoms with Crippen molar-refractivity contribution < 1.29 is 0 Å². The number of anilines is 4. The van der Waals surface area contributed by atoms with Crippen LogP contribution in [0.4, 0.5) is 22.6 Å². The second-order valence-corrected chi connectivity index (χ2v) is 6.94. The molecule has 25 heavy (non-hydrogen) atoms. The summed E-state index contributed by atoms with van der Waals surface area (Å²) in [6.07, 6.45) is 1.78.